The molecule has 0 spiro atoms. The van der Waals surface area contributed by atoms with Gasteiger partial charge in [0.2, 0.25) is 0 Å². The van der Waals surface area contributed by atoms with Crippen LogP contribution in [0.2, 0.25) is 0 Å². The third-order valence-corrected chi connectivity index (χ3v) is 4.11. The van der Waals surface area contributed by atoms with E-state index in [1.807, 2.05) is 37.3 Å². The van der Waals surface area contributed by atoms with Gasteiger partial charge in [0.05, 0.1) is 0 Å². The Kier molecular flexibility index (Phi) is 4.30. The lowest BCUT2D eigenvalue weighted by molar-refractivity contribution is -0.120. The van der Waals surface area contributed by atoms with E-state index in [1.54, 1.807) is 11.8 Å². The van der Waals surface area contributed by atoms with Crippen molar-refractivity contribution in [1.82, 2.24) is 5.43 Å². The lowest BCUT2D eigenvalue weighted by Crippen LogP contribution is -2.34. The highest BCUT2D eigenvalue weighted by Crippen LogP contribution is 2.35. The Balaban J connectivity index is 1.97. The molecule has 1 heterocycles. The number of benzene rings is 1. The van der Waals surface area contributed by atoms with E-state index in [1.165, 1.54) is 0 Å². The molecule has 1 aromatic carbocycles. The summed E-state index contributed by atoms with van der Waals surface area (Å²) in [6, 6.07) is 10.1. The second-order valence-electron chi connectivity index (χ2n) is 5.54. The number of hydrogen-bond acceptors (Lipinski definition) is 4. The fourth-order valence-corrected chi connectivity index (χ4v) is 3.21. The molecule has 19 heavy (non-hydrogen) atoms. The molecular weight excluding hydrogens is 256 g/mol. The summed E-state index contributed by atoms with van der Waals surface area (Å²) < 4.78 is 0. The minimum Gasteiger partial charge on any atom is -0.300 e. The quantitative estimate of drug-likeness (QED) is 0.896. The van der Waals surface area contributed by atoms with Crippen molar-refractivity contribution in [2.75, 3.05) is 0 Å². The zero-order valence-corrected chi connectivity index (χ0v) is 12.5. The van der Waals surface area contributed by atoms with Crippen molar-refractivity contribution in [2.45, 2.75) is 38.5 Å². The molecule has 1 aromatic rings. The standard InChI is InChI=1S/C15H20N2OS/c1-11(2)9-13(18)10-15(3)17-16-14(19-15)12-7-5-4-6-8-12/h4-8,11,17H,9-10H2,1-3H3/t15-/m1/s1. The maximum Gasteiger partial charge on any atom is 0.136 e. The number of carbonyl (C=O) groups excluding carboxylic acids is 1. The summed E-state index contributed by atoms with van der Waals surface area (Å²) in [4.78, 5) is 11.6. The van der Waals surface area contributed by atoms with Gasteiger partial charge >= 0.3 is 0 Å². The molecule has 0 unspecified atom stereocenters. The summed E-state index contributed by atoms with van der Waals surface area (Å²) in [5.41, 5.74) is 4.21. The van der Waals surface area contributed by atoms with Crippen LogP contribution in [0.1, 0.15) is 39.2 Å². The number of thioether (sulfide) groups is 1. The first-order chi connectivity index (χ1) is 8.98. The Hall–Kier alpha value is -1.29. The summed E-state index contributed by atoms with van der Waals surface area (Å²) in [7, 11) is 0. The molecule has 0 aromatic heterocycles. The smallest absolute Gasteiger partial charge is 0.136 e. The van der Waals surface area contributed by atoms with Crippen molar-refractivity contribution in [1.29, 1.82) is 0 Å². The zero-order chi connectivity index (χ0) is 13.9. The molecule has 1 aliphatic heterocycles. The predicted molar refractivity (Wildman–Crippen MR) is 81.2 cm³/mol. The molecule has 3 nitrogen and oxygen atoms in total. The van der Waals surface area contributed by atoms with Crippen LogP contribution in [0.5, 0.6) is 0 Å². The molecule has 0 amide bonds. The van der Waals surface area contributed by atoms with E-state index in [0.717, 1.165) is 10.6 Å². The highest BCUT2D eigenvalue weighted by molar-refractivity contribution is 8.15. The topological polar surface area (TPSA) is 41.5 Å². The van der Waals surface area contributed by atoms with E-state index in [9.17, 15) is 4.79 Å². The molecule has 4 heteroatoms. The van der Waals surface area contributed by atoms with Gasteiger partial charge in [-0.2, -0.15) is 5.10 Å². The number of Topliss-reactive ketones (excluding diaryl/α,β-unsaturated/α-hetero) is 1. The van der Waals surface area contributed by atoms with Crippen LogP contribution >= 0.6 is 11.8 Å². The van der Waals surface area contributed by atoms with Crippen LogP contribution in [0.4, 0.5) is 0 Å². The lowest BCUT2D eigenvalue weighted by Gasteiger charge is -2.22. The number of nitrogens with one attached hydrogen (secondary N) is 1. The van der Waals surface area contributed by atoms with Crippen LogP contribution in [0.15, 0.2) is 35.4 Å². The number of carbonyl (C=O) groups is 1. The lowest BCUT2D eigenvalue weighted by atomic mass is 10.0. The number of ketones is 1. The second kappa shape index (κ2) is 5.78. The maximum atomic E-state index is 12.0. The van der Waals surface area contributed by atoms with Crippen molar-refractivity contribution in [3.05, 3.63) is 35.9 Å². The summed E-state index contributed by atoms with van der Waals surface area (Å²) in [5, 5.41) is 5.33. The van der Waals surface area contributed by atoms with E-state index in [0.29, 0.717) is 24.5 Å². The summed E-state index contributed by atoms with van der Waals surface area (Å²) in [5.74, 6) is 0.707. The summed E-state index contributed by atoms with van der Waals surface area (Å²) >= 11 is 1.64. The van der Waals surface area contributed by atoms with Gasteiger partial charge in [0.1, 0.15) is 15.7 Å². The fraction of sp³-hybridized carbons (Fsp3) is 0.467. The van der Waals surface area contributed by atoms with E-state index in [4.69, 9.17) is 0 Å². The molecule has 0 aliphatic carbocycles. The normalized spacial score (nSPS) is 22.2. The van der Waals surface area contributed by atoms with Gasteiger partial charge in [-0.1, -0.05) is 55.9 Å². The minimum absolute atomic E-state index is 0.294. The maximum absolute atomic E-state index is 12.0. The Labute approximate surface area is 118 Å². The zero-order valence-electron chi connectivity index (χ0n) is 11.6. The molecule has 0 fully saturated rings. The van der Waals surface area contributed by atoms with Crippen LogP contribution < -0.4 is 5.43 Å². The number of hydrogen-bond donors (Lipinski definition) is 1. The van der Waals surface area contributed by atoms with Gasteiger partial charge in [-0.05, 0) is 12.8 Å². The van der Waals surface area contributed by atoms with Crippen molar-refractivity contribution >= 4 is 22.6 Å². The first-order valence-corrected chi connectivity index (χ1v) is 7.41. The van der Waals surface area contributed by atoms with Gasteiger partial charge in [0.15, 0.2) is 0 Å². The van der Waals surface area contributed by atoms with Gasteiger partial charge in [0.25, 0.3) is 0 Å². The van der Waals surface area contributed by atoms with E-state index < -0.39 is 0 Å². The third kappa shape index (κ3) is 3.83. The molecule has 0 radical (unpaired) electrons. The molecule has 2 rings (SSSR count). The van der Waals surface area contributed by atoms with Crippen molar-refractivity contribution in [2.24, 2.45) is 11.0 Å². The monoisotopic (exact) mass is 276 g/mol. The van der Waals surface area contributed by atoms with Crippen molar-refractivity contribution in [3.8, 4) is 0 Å². The Bertz CT molecular complexity index is 484. The predicted octanol–water partition coefficient (Wildman–Crippen LogP) is 3.41. The summed E-state index contributed by atoms with van der Waals surface area (Å²) in [6.07, 6.45) is 1.15. The number of rotatable bonds is 5. The highest BCUT2D eigenvalue weighted by Gasteiger charge is 2.34. The van der Waals surface area contributed by atoms with E-state index in [2.05, 4.69) is 24.4 Å². The Morgan fingerprint density at radius 2 is 2.05 bits per heavy atom. The molecule has 1 aliphatic rings. The van der Waals surface area contributed by atoms with Gasteiger partial charge in [-0.15, -0.1) is 0 Å². The molecule has 0 saturated heterocycles. The second-order valence-corrected chi connectivity index (χ2v) is 7.03. The molecule has 1 N–H and O–H groups in total. The Morgan fingerprint density at radius 1 is 1.37 bits per heavy atom. The van der Waals surface area contributed by atoms with Gasteiger partial charge in [0, 0.05) is 18.4 Å². The van der Waals surface area contributed by atoms with Crippen LogP contribution in [-0.2, 0) is 4.79 Å². The van der Waals surface area contributed by atoms with Crippen LogP contribution in [0.25, 0.3) is 0 Å². The SMILES string of the molecule is CC(C)CC(=O)C[C@]1(C)NN=C(c2ccccc2)S1. The third-order valence-electron chi connectivity index (χ3n) is 2.91. The molecule has 0 bridgehead atoms. The number of nitrogens with zero attached hydrogens (tertiary/aromatic N) is 1. The first-order valence-electron chi connectivity index (χ1n) is 6.59. The van der Waals surface area contributed by atoms with E-state index >= 15 is 0 Å². The fourth-order valence-electron chi connectivity index (χ4n) is 2.11. The molecule has 0 saturated carbocycles. The average Bonchev–Trinajstić information content (AvgIpc) is 2.71. The Morgan fingerprint density at radius 3 is 2.68 bits per heavy atom. The van der Waals surface area contributed by atoms with E-state index in [-0.39, 0.29) is 4.87 Å². The average molecular weight is 276 g/mol. The summed E-state index contributed by atoms with van der Waals surface area (Å²) in [6.45, 7) is 6.18. The number of hydrazone groups is 1. The van der Waals surface area contributed by atoms with Crippen molar-refractivity contribution < 1.29 is 4.79 Å². The largest absolute Gasteiger partial charge is 0.300 e. The highest BCUT2D eigenvalue weighted by atomic mass is 32.2. The first kappa shape index (κ1) is 14.1. The molecular formula is C15H20N2OS. The van der Waals surface area contributed by atoms with Crippen molar-refractivity contribution in [3.63, 3.8) is 0 Å². The van der Waals surface area contributed by atoms with Crippen LogP contribution in [0, 0.1) is 5.92 Å². The molecule has 1 atom stereocenters. The van der Waals surface area contributed by atoms with Gasteiger partial charge in [-0.25, -0.2) is 0 Å². The minimum atomic E-state index is -0.308. The molecule has 102 valence electrons. The van der Waals surface area contributed by atoms with Crippen LogP contribution in [-0.4, -0.2) is 15.7 Å². The van der Waals surface area contributed by atoms with Gasteiger partial charge < -0.3 is 0 Å². The van der Waals surface area contributed by atoms with Crippen LogP contribution in [0.3, 0.4) is 0 Å². The van der Waals surface area contributed by atoms with Gasteiger partial charge in [-0.3, -0.25) is 10.2 Å².